The van der Waals surface area contributed by atoms with E-state index in [-0.39, 0.29) is 25.7 Å². The third kappa shape index (κ3) is 39.1. The smallest absolute Gasteiger partial charge is 0.397 e. The molecule has 1 aliphatic rings. The number of carbonyl (C=O) groups is 1. The Bertz CT molecular complexity index is 1650. The van der Waals surface area contributed by atoms with Crippen LogP contribution in [0, 0.1) is 0 Å². The summed E-state index contributed by atoms with van der Waals surface area (Å²) >= 11 is 0. The fourth-order valence-corrected chi connectivity index (χ4v) is 9.84. The zero-order valence-corrected chi connectivity index (χ0v) is 39.9. The SMILES string of the molecule is C[C@@H](CCCCCCC[C@@H]1C[C@@H](OS(=O)(=O)O)CCCCCCCCCCC[C@@H](OS(=O)(=O)O)C[C@H](OS(=O)(=O)O)CCCCCCCCCCC/C=C\C(=O)O1)OS(=O)(=O)O. The van der Waals surface area contributed by atoms with Gasteiger partial charge < -0.3 is 4.74 Å². The number of hydrogen-bond acceptors (Lipinski definition) is 14. The van der Waals surface area contributed by atoms with Crippen molar-refractivity contribution in [2.75, 3.05) is 0 Å². The van der Waals surface area contributed by atoms with Crippen LogP contribution < -0.4 is 0 Å². The zero-order chi connectivity index (χ0) is 46.3. The van der Waals surface area contributed by atoms with Gasteiger partial charge in [-0.05, 0) is 58.3 Å². The Kier molecular flexibility index (Phi) is 31.4. The third-order valence-electron chi connectivity index (χ3n) is 10.7. The molecule has 0 saturated carbocycles. The maximum absolute atomic E-state index is 12.9. The van der Waals surface area contributed by atoms with Crippen LogP contribution in [0.5, 0.6) is 0 Å². The Balaban J connectivity index is 2.88. The summed E-state index contributed by atoms with van der Waals surface area (Å²) in [5.74, 6) is -0.540. The van der Waals surface area contributed by atoms with Crippen LogP contribution in [0.15, 0.2) is 12.2 Å². The number of cyclic esters (lactones) is 1. The second kappa shape index (κ2) is 33.2. The molecule has 368 valence electrons. The van der Waals surface area contributed by atoms with E-state index < -0.39 is 78.1 Å². The van der Waals surface area contributed by atoms with E-state index in [1.54, 1.807) is 13.0 Å². The molecule has 0 unspecified atom stereocenters. The quantitative estimate of drug-likeness (QED) is 0.0636. The molecule has 0 aromatic rings. The first kappa shape index (κ1) is 58.7. The van der Waals surface area contributed by atoms with Crippen molar-refractivity contribution >= 4 is 47.6 Å². The lowest BCUT2D eigenvalue weighted by Crippen LogP contribution is -2.27. The number of esters is 1. The van der Waals surface area contributed by atoms with Gasteiger partial charge >= 0.3 is 47.6 Å². The molecule has 0 fully saturated rings. The molecular formula is C40H76O18S4. The van der Waals surface area contributed by atoms with E-state index in [0.717, 1.165) is 116 Å². The number of unbranched alkanes of at least 4 members (excludes halogenated alkanes) is 4. The van der Waals surface area contributed by atoms with Crippen LogP contribution >= 0.6 is 0 Å². The summed E-state index contributed by atoms with van der Waals surface area (Å²) in [6, 6.07) is 0. The van der Waals surface area contributed by atoms with Crippen LogP contribution in [-0.2, 0) is 67.9 Å². The molecule has 0 aromatic heterocycles. The largest absolute Gasteiger partial charge is 0.459 e. The standard InChI is InChI=1S/C40H76O18S4/c1-35(55-59(42,43)44)27-21-15-14-19-22-28-36-33-37(56-60(45,46)47)29-23-16-11-7-5-8-12-18-25-31-39(58-62(51,52)53)34-38(57-61(48,49)50)30-24-17-10-6-3-2-4-9-13-20-26-32-40(41)54-36/h26,32,35-39H,2-25,27-31,33-34H2,1H3,(H,42,43,44)(H,45,46,47)(H,48,49,50)(H,51,52,53)/b32-26-/t35-,36+,37-,38+,39+/m0/s1. The van der Waals surface area contributed by atoms with E-state index in [4.69, 9.17) is 21.8 Å². The summed E-state index contributed by atoms with van der Waals surface area (Å²) in [5.41, 5.74) is 0. The van der Waals surface area contributed by atoms with E-state index in [1.807, 2.05) is 0 Å². The van der Waals surface area contributed by atoms with Crippen molar-refractivity contribution < 1.29 is 78.1 Å². The zero-order valence-electron chi connectivity index (χ0n) is 36.6. The van der Waals surface area contributed by atoms with E-state index in [9.17, 15) is 52.1 Å². The van der Waals surface area contributed by atoms with Crippen molar-refractivity contribution in [1.29, 1.82) is 0 Å². The first-order chi connectivity index (χ1) is 29.1. The van der Waals surface area contributed by atoms with Gasteiger partial charge in [-0.1, -0.05) is 141 Å². The van der Waals surface area contributed by atoms with Crippen molar-refractivity contribution in [2.24, 2.45) is 0 Å². The van der Waals surface area contributed by atoms with E-state index in [2.05, 4.69) is 4.18 Å². The molecule has 0 aromatic carbocycles. The highest BCUT2D eigenvalue weighted by molar-refractivity contribution is 7.81. The minimum absolute atomic E-state index is 0.0776. The summed E-state index contributed by atoms with van der Waals surface area (Å²) < 4.78 is 154. The fraction of sp³-hybridized carbons (Fsp3) is 0.925. The molecular weight excluding hydrogens is 897 g/mol. The van der Waals surface area contributed by atoms with E-state index in [1.165, 1.54) is 6.08 Å². The van der Waals surface area contributed by atoms with E-state index >= 15 is 0 Å². The number of carbonyl (C=O) groups excluding carboxylic acids is 1. The van der Waals surface area contributed by atoms with Crippen LogP contribution in [0.25, 0.3) is 0 Å². The summed E-state index contributed by atoms with van der Waals surface area (Å²) in [7, 11) is -18.9. The van der Waals surface area contributed by atoms with Crippen LogP contribution in [-0.4, -0.2) is 88.4 Å². The van der Waals surface area contributed by atoms with Gasteiger partial charge in [0.1, 0.15) is 6.10 Å². The van der Waals surface area contributed by atoms with Gasteiger partial charge in [0, 0.05) is 18.9 Å². The molecule has 18 nitrogen and oxygen atoms in total. The van der Waals surface area contributed by atoms with Gasteiger partial charge in [-0.25, -0.2) is 21.5 Å². The second-order valence-corrected chi connectivity index (χ2v) is 20.8. The molecule has 4 N–H and O–H groups in total. The number of hydrogen-bond donors (Lipinski definition) is 4. The first-order valence-electron chi connectivity index (χ1n) is 22.6. The van der Waals surface area contributed by atoms with Crippen molar-refractivity contribution in [3.05, 3.63) is 12.2 Å². The van der Waals surface area contributed by atoms with Gasteiger partial charge in [0.2, 0.25) is 0 Å². The van der Waals surface area contributed by atoms with Crippen molar-refractivity contribution in [1.82, 2.24) is 0 Å². The van der Waals surface area contributed by atoms with Gasteiger partial charge in [0.15, 0.2) is 0 Å². The van der Waals surface area contributed by atoms with Crippen molar-refractivity contribution in [3.8, 4) is 0 Å². The minimum Gasteiger partial charge on any atom is -0.459 e. The molecule has 5 atom stereocenters. The Morgan fingerprint density at radius 3 is 1.32 bits per heavy atom. The Hall–Kier alpha value is -1.31. The van der Waals surface area contributed by atoms with Gasteiger partial charge in [-0.15, -0.1) is 0 Å². The Morgan fingerprint density at radius 1 is 0.532 bits per heavy atom. The average Bonchev–Trinajstić information content (AvgIpc) is 3.12. The molecule has 0 spiro atoms. The molecule has 1 heterocycles. The lowest BCUT2D eigenvalue weighted by molar-refractivity contribution is -0.144. The highest BCUT2D eigenvalue weighted by Crippen LogP contribution is 2.24. The molecule has 1 rings (SSSR count). The molecule has 22 heteroatoms. The Morgan fingerprint density at radius 2 is 0.903 bits per heavy atom. The monoisotopic (exact) mass is 972 g/mol. The van der Waals surface area contributed by atoms with Gasteiger partial charge in [0.05, 0.1) is 24.4 Å². The van der Waals surface area contributed by atoms with Gasteiger partial charge in [0.25, 0.3) is 0 Å². The topological polar surface area (TPSA) is 281 Å². The second-order valence-electron chi connectivity index (χ2n) is 16.6. The van der Waals surface area contributed by atoms with Crippen molar-refractivity contribution in [3.63, 3.8) is 0 Å². The summed E-state index contributed by atoms with van der Waals surface area (Å²) in [4.78, 5) is 12.9. The fourth-order valence-electron chi connectivity index (χ4n) is 7.77. The van der Waals surface area contributed by atoms with Gasteiger partial charge in [-0.2, -0.15) is 33.7 Å². The van der Waals surface area contributed by atoms with Crippen LogP contribution in [0.4, 0.5) is 0 Å². The highest BCUT2D eigenvalue weighted by atomic mass is 32.3. The predicted octanol–water partition coefficient (Wildman–Crippen LogP) is 9.33. The minimum atomic E-state index is -4.82. The molecule has 0 bridgehead atoms. The maximum Gasteiger partial charge on any atom is 0.397 e. The lowest BCUT2D eigenvalue weighted by Gasteiger charge is -2.23. The lowest BCUT2D eigenvalue weighted by atomic mass is 9.98. The maximum atomic E-state index is 12.9. The van der Waals surface area contributed by atoms with Gasteiger partial charge in [-0.3, -0.25) is 18.2 Å². The first-order valence-corrected chi connectivity index (χ1v) is 28.1. The number of allylic oxidation sites excluding steroid dienone is 1. The number of rotatable bonds is 16. The molecule has 0 saturated heterocycles. The molecule has 1 aliphatic heterocycles. The summed E-state index contributed by atoms with van der Waals surface area (Å²) in [6.07, 6.45) is 20.1. The molecule has 62 heavy (non-hydrogen) atoms. The summed E-state index contributed by atoms with van der Waals surface area (Å²) in [5, 5.41) is 0. The van der Waals surface area contributed by atoms with Crippen LogP contribution in [0.3, 0.4) is 0 Å². The average molecular weight is 973 g/mol. The predicted molar refractivity (Wildman–Crippen MR) is 234 cm³/mol. The molecule has 0 radical (unpaired) electrons. The normalized spacial score (nSPS) is 24.8. The van der Waals surface area contributed by atoms with Crippen LogP contribution in [0.1, 0.15) is 206 Å². The van der Waals surface area contributed by atoms with E-state index in [0.29, 0.717) is 57.8 Å². The molecule has 0 amide bonds. The third-order valence-corrected chi connectivity index (χ3v) is 12.9. The van der Waals surface area contributed by atoms with Crippen molar-refractivity contribution in [2.45, 2.75) is 236 Å². The Labute approximate surface area is 372 Å². The highest BCUT2D eigenvalue weighted by Gasteiger charge is 2.26. The summed E-state index contributed by atoms with van der Waals surface area (Å²) in [6.45, 7) is 1.56. The van der Waals surface area contributed by atoms with Crippen LogP contribution in [0.2, 0.25) is 0 Å². The number of ether oxygens (including phenoxy) is 1. The molecule has 0 aliphatic carbocycles.